The predicted octanol–water partition coefficient (Wildman–Crippen LogP) is 2.44. The molecule has 1 heterocycles. The third-order valence-corrected chi connectivity index (χ3v) is 2.36. The van der Waals surface area contributed by atoms with E-state index in [1.165, 1.54) is 12.1 Å². The van der Waals surface area contributed by atoms with E-state index < -0.39 is 0 Å². The van der Waals surface area contributed by atoms with Crippen LogP contribution in [0.5, 0.6) is 0 Å². The summed E-state index contributed by atoms with van der Waals surface area (Å²) in [6.45, 7) is 4.56. The molecule has 0 saturated carbocycles. The van der Waals surface area contributed by atoms with Gasteiger partial charge in [0.2, 0.25) is 5.95 Å². The smallest absolute Gasteiger partial charge is 0.244 e. The van der Waals surface area contributed by atoms with Gasteiger partial charge in [-0.05, 0) is 31.5 Å². The van der Waals surface area contributed by atoms with Crippen LogP contribution in [0.3, 0.4) is 0 Å². The van der Waals surface area contributed by atoms with E-state index in [0.717, 1.165) is 5.56 Å². The molecule has 2 N–H and O–H groups in total. The van der Waals surface area contributed by atoms with E-state index in [2.05, 4.69) is 25.8 Å². The van der Waals surface area contributed by atoms with Crippen molar-refractivity contribution in [3.63, 3.8) is 0 Å². The van der Waals surface area contributed by atoms with Gasteiger partial charge in [-0.1, -0.05) is 12.1 Å². The second-order valence-corrected chi connectivity index (χ2v) is 4.44. The van der Waals surface area contributed by atoms with Crippen molar-refractivity contribution in [2.45, 2.75) is 26.4 Å². The van der Waals surface area contributed by atoms with E-state index in [-0.39, 0.29) is 11.9 Å². The summed E-state index contributed by atoms with van der Waals surface area (Å²) in [5.74, 6) is 0.867. The number of aromatic nitrogens is 3. The van der Waals surface area contributed by atoms with Gasteiger partial charge >= 0.3 is 0 Å². The average molecular weight is 261 g/mol. The predicted molar refractivity (Wildman–Crippen MR) is 72.3 cm³/mol. The molecule has 100 valence electrons. The summed E-state index contributed by atoms with van der Waals surface area (Å²) in [6.07, 6.45) is 1.57. The first kappa shape index (κ1) is 13.2. The van der Waals surface area contributed by atoms with E-state index in [0.29, 0.717) is 18.3 Å². The minimum atomic E-state index is -0.246. The molecule has 0 saturated heterocycles. The van der Waals surface area contributed by atoms with Crippen molar-refractivity contribution in [3.05, 3.63) is 41.8 Å². The lowest BCUT2D eigenvalue weighted by molar-refractivity contribution is 0.627. The van der Waals surface area contributed by atoms with E-state index in [9.17, 15) is 4.39 Å². The monoisotopic (exact) mass is 261 g/mol. The highest BCUT2D eigenvalue weighted by Crippen LogP contribution is 2.08. The summed E-state index contributed by atoms with van der Waals surface area (Å²) in [4.78, 5) is 4.28. The first-order valence-electron chi connectivity index (χ1n) is 6.08. The van der Waals surface area contributed by atoms with Gasteiger partial charge < -0.3 is 10.6 Å². The molecule has 0 bridgehead atoms. The van der Waals surface area contributed by atoms with Gasteiger partial charge in [0.1, 0.15) is 5.82 Å². The van der Waals surface area contributed by atoms with E-state index in [4.69, 9.17) is 0 Å². The Bertz CT molecular complexity index is 527. The summed E-state index contributed by atoms with van der Waals surface area (Å²) < 4.78 is 12.8. The van der Waals surface area contributed by atoms with E-state index in [1.807, 2.05) is 13.8 Å². The maximum absolute atomic E-state index is 12.8. The number of hydrogen-bond acceptors (Lipinski definition) is 5. The standard InChI is InChI=1S/C13H16FN5/c1-9(2)17-12-8-16-19-13(18-12)15-7-10-3-5-11(14)6-4-10/h3-6,8-9H,7H2,1-2H3,(H2,15,17,18,19). The number of halogens is 1. The molecule has 0 aliphatic rings. The minimum Gasteiger partial charge on any atom is -0.366 e. The molecule has 6 heteroatoms. The number of anilines is 2. The molecule has 0 atom stereocenters. The molecular formula is C13H16FN5. The molecule has 0 radical (unpaired) electrons. The van der Waals surface area contributed by atoms with Crippen LogP contribution in [0.4, 0.5) is 16.2 Å². The molecule has 2 rings (SSSR count). The number of hydrogen-bond donors (Lipinski definition) is 2. The van der Waals surface area contributed by atoms with Crippen molar-refractivity contribution < 1.29 is 4.39 Å². The molecule has 0 spiro atoms. The second-order valence-electron chi connectivity index (χ2n) is 4.44. The molecule has 2 aromatic rings. The summed E-state index contributed by atoms with van der Waals surface area (Å²) in [5, 5.41) is 14.0. The van der Waals surface area contributed by atoms with Crippen LogP contribution in [-0.4, -0.2) is 21.2 Å². The van der Waals surface area contributed by atoms with Gasteiger partial charge in [0, 0.05) is 12.6 Å². The Kier molecular flexibility index (Phi) is 4.22. The topological polar surface area (TPSA) is 62.7 Å². The van der Waals surface area contributed by atoms with Crippen molar-refractivity contribution in [3.8, 4) is 0 Å². The Morgan fingerprint density at radius 1 is 1.21 bits per heavy atom. The summed E-state index contributed by atoms with van der Waals surface area (Å²) in [5.41, 5.74) is 0.951. The van der Waals surface area contributed by atoms with Gasteiger partial charge in [-0.15, -0.1) is 5.10 Å². The Labute approximate surface area is 111 Å². The Morgan fingerprint density at radius 3 is 2.63 bits per heavy atom. The van der Waals surface area contributed by atoms with Crippen LogP contribution in [0.1, 0.15) is 19.4 Å². The Balaban J connectivity index is 1.97. The van der Waals surface area contributed by atoms with Crippen molar-refractivity contribution >= 4 is 11.8 Å². The summed E-state index contributed by atoms with van der Waals surface area (Å²) in [7, 11) is 0. The van der Waals surface area contributed by atoms with Crippen molar-refractivity contribution in [1.82, 2.24) is 15.2 Å². The molecule has 0 amide bonds. The minimum absolute atomic E-state index is 0.246. The Hall–Kier alpha value is -2.24. The fraction of sp³-hybridized carbons (Fsp3) is 0.308. The third-order valence-electron chi connectivity index (χ3n) is 2.36. The van der Waals surface area contributed by atoms with Crippen molar-refractivity contribution in [1.29, 1.82) is 0 Å². The van der Waals surface area contributed by atoms with Gasteiger partial charge in [-0.25, -0.2) is 4.39 Å². The van der Waals surface area contributed by atoms with Crippen LogP contribution >= 0.6 is 0 Å². The number of nitrogens with zero attached hydrogens (tertiary/aromatic N) is 3. The molecule has 1 aromatic heterocycles. The molecule has 1 aromatic carbocycles. The van der Waals surface area contributed by atoms with Crippen LogP contribution < -0.4 is 10.6 Å². The van der Waals surface area contributed by atoms with Gasteiger partial charge in [0.05, 0.1) is 6.20 Å². The van der Waals surface area contributed by atoms with E-state index >= 15 is 0 Å². The molecule has 0 fully saturated rings. The quantitative estimate of drug-likeness (QED) is 0.865. The summed E-state index contributed by atoms with van der Waals surface area (Å²) >= 11 is 0. The lowest BCUT2D eigenvalue weighted by Crippen LogP contribution is -2.13. The number of rotatable bonds is 5. The first-order chi connectivity index (χ1) is 9.13. The van der Waals surface area contributed by atoms with Crippen molar-refractivity contribution in [2.75, 3.05) is 10.6 Å². The van der Waals surface area contributed by atoms with Crippen LogP contribution in [-0.2, 0) is 6.54 Å². The van der Waals surface area contributed by atoms with Crippen LogP contribution in [0, 0.1) is 5.82 Å². The van der Waals surface area contributed by atoms with Gasteiger partial charge in [-0.2, -0.15) is 10.1 Å². The van der Waals surface area contributed by atoms with Crippen LogP contribution in [0.25, 0.3) is 0 Å². The molecule has 0 aliphatic carbocycles. The second kappa shape index (κ2) is 6.08. The zero-order valence-corrected chi connectivity index (χ0v) is 10.9. The highest BCUT2D eigenvalue weighted by atomic mass is 19.1. The van der Waals surface area contributed by atoms with Crippen molar-refractivity contribution in [2.24, 2.45) is 0 Å². The maximum atomic E-state index is 12.8. The third kappa shape index (κ3) is 4.17. The number of nitrogens with one attached hydrogen (secondary N) is 2. The van der Waals surface area contributed by atoms with Crippen LogP contribution in [0.2, 0.25) is 0 Å². The molecule has 19 heavy (non-hydrogen) atoms. The maximum Gasteiger partial charge on any atom is 0.244 e. The highest BCUT2D eigenvalue weighted by molar-refractivity contribution is 5.38. The molecule has 5 nitrogen and oxygen atoms in total. The van der Waals surface area contributed by atoms with Gasteiger partial charge in [0.15, 0.2) is 5.82 Å². The fourth-order valence-corrected chi connectivity index (χ4v) is 1.53. The lowest BCUT2D eigenvalue weighted by Gasteiger charge is -2.09. The average Bonchev–Trinajstić information content (AvgIpc) is 2.38. The molecule has 0 aliphatic heterocycles. The first-order valence-corrected chi connectivity index (χ1v) is 6.08. The van der Waals surface area contributed by atoms with Crippen LogP contribution in [0.15, 0.2) is 30.5 Å². The number of benzene rings is 1. The van der Waals surface area contributed by atoms with Gasteiger partial charge in [-0.3, -0.25) is 0 Å². The van der Waals surface area contributed by atoms with E-state index in [1.54, 1.807) is 18.3 Å². The summed E-state index contributed by atoms with van der Waals surface area (Å²) in [6, 6.07) is 6.55. The normalized spacial score (nSPS) is 10.5. The Morgan fingerprint density at radius 2 is 1.95 bits per heavy atom. The fourth-order valence-electron chi connectivity index (χ4n) is 1.53. The largest absolute Gasteiger partial charge is 0.366 e. The molecular weight excluding hydrogens is 245 g/mol. The zero-order chi connectivity index (χ0) is 13.7. The SMILES string of the molecule is CC(C)Nc1cnnc(NCc2ccc(F)cc2)n1. The lowest BCUT2D eigenvalue weighted by atomic mass is 10.2. The zero-order valence-electron chi connectivity index (χ0n) is 10.9. The molecule has 0 unspecified atom stereocenters. The van der Waals surface area contributed by atoms with Gasteiger partial charge in [0.25, 0.3) is 0 Å². The highest BCUT2D eigenvalue weighted by Gasteiger charge is 2.02.